The number of likely N-dealkylation sites (tertiary alicyclic amines) is 1. The molecule has 2 amide bonds. The zero-order valence-electron chi connectivity index (χ0n) is 26.3. The molecule has 0 bridgehead atoms. The number of amides is 2. The van der Waals surface area contributed by atoms with E-state index in [1.807, 2.05) is 27.9 Å². The minimum Gasteiger partial charge on any atom is -0.400 e. The van der Waals surface area contributed by atoms with E-state index in [2.05, 4.69) is 42.0 Å². The highest BCUT2D eigenvalue weighted by atomic mass is 16.2. The number of Topliss-reactive ketones (excluding diaryl/α,β-unsaturated/α-hetero) is 1. The number of ketones is 1. The average Bonchev–Trinajstić information content (AvgIpc) is 3.72. The number of primary amides is 1. The highest BCUT2D eigenvalue weighted by Gasteiger charge is 2.36. The summed E-state index contributed by atoms with van der Waals surface area (Å²) < 4.78 is 0. The highest BCUT2D eigenvalue weighted by Crippen LogP contribution is 2.31. The van der Waals surface area contributed by atoms with Gasteiger partial charge in [0, 0.05) is 13.0 Å². The summed E-state index contributed by atoms with van der Waals surface area (Å²) in [6.45, 7) is 11.3. The molecule has 0 radical (unpaired) electrons. The fourth-order valence-electron chi connectivity index (χ4n) is 4.64. The minimum absolute atomic E-state index is 0.0311. The number of aldehydes is 1. The summed E-state index contributed by atoms with van der Waals surface area (Å²) in [6, 6.07) is -0.171. The van der Waals surface area contributed by atoms with Gasteiger partial charge in [0.15, 0.2) is 5.78 Å². The zero-order chi connectivity index (χ0) is 30.6. The molecule has 0 aromatic carbocycles. The molecule has 39 heavy (non-hydrogen) atoms. The summed E-state index contributed by atoms with van der Waals surface area (Å²) in [7, 11) is 4.85. The standard InChI is InChI=1S/C14H24N2O2.C9H17NO.C3H8.C2H6.CH3NO.CH4O/c1-3-5-11(13(17)10-7-8-10)15-14(18)12-6-4-9-16(12)2;1-10-9(7-11)8-5-3-2-4-6-8;1-3-2;1-2;2-1-3;1-2/h10-12H,3-9H2,1-2H3,(H,15,18);7-10H,2-6H2,1H3;3H2,1-2H3;1-2H3;1H,(H2,2,3);2H,1H3. The van der Waals surface area contributed by atoms with Gasteiger partial charge in [-0.3, -0.25) is 19.3 Å². The van der Waals surface area contributed by atoms with Crippen LogP contribution < -0.4 is 16.4 Å². The number of rotatable bonds is 9. The van der Waals surface area contributed by atoms with Crippen LogP contribution in [-0.2, 0) is 19.2 Å². The molecule has 0 aromatic rings. The molecule has 3 aliphatic rings. The van der Waals surface area contributed by atoms with Gasteiger partial charge in [-0.25, -0.2) is 0 Å². The zero-order valence-corrected chi connectivity index (χ0v) is 26.3. The fourth-order valence-corrected chi connectivity index (χ4v) is 4.64. The molecule has 3 atom stereocenters. The Morgan fingerprint density at radius 1 is 0.974 bits per heavy atom. The van der Waals surface area contributed by atoms with Crippen LogP contribution in [0.2, 0.25) is 0 Å². The van der Waals surface area contributed by atoms with Crippen molar-refractivity contribution in [2.24, 2.45) is 17.6 Å². The molecule has 0 aromatic heterocycles. The predicted octanol–water partition coefficient (Wildman–Crippen LogP) is 3.85. The van der Waals surface area contributed by atoms with E-state index in [9.17, 15) is 14.4 Å². The van der Waals surface area contributed by atoms with E-state index in [-0.39, 0.29) is 42.1 Å². The van der Waals surface area contributed by atoms with Gasteiger partial charge < -0.3 is 26.3 Å². The second kappa shape index (κ2) is 29.2. The van der Waals surface area contributed by atoms with Crippen LogP contribution in [0.4, 0.5) is 0 Å². The van der Waals surface area contributed by atoms with E-state index in [0.29, 0.717) is 5.92 Å². The number of nitrogens with one attached hydrogen (secondary N) is 2. The first-order valence-corrected chi connectivity index (χ1v) is 15.1. The van der Waals surface area contributed by atoms with E-state index in [1.54, 1.807) is 0 Å². The van der Waals surface area contributed by atoms with Crippen molar-refractivity contribution in [1.82, 2.24) is 15.5 Å². The minimum atomic E-state index is -0.246. The molecule has 2 aliphatic carbocycles. The maximum absolute atomic E-state index is 12.2. The Balaban J connectivity index is -0.000000527. The number of nitrogens with two attached hydrogens (primary N) is 1. The van der Waals surface area contributed by atoms with Gasteiger partial charge in [-0.15, -0.1) is 0 Å². The van der Waals surface area contributed by atoms with Gasteiger partial charge in [-0.2, -0.15) is 0 Å². The fraction of sp³-hybridized carbons (Fsp3) is 0.867. The highest BCUT2D eigenvalue weighted by molar-refractivity contribution is 5.93. The van der Waals surface area contributed by atoms with Crippen LogP contribution in [0.15, 0.2) is 0 Å². The van der Waals surface area contributed by atoms with Gasteiger partial charge in [0.25, 0.3) is 0 Å². The van der Waals surface area contributed by atoms with Gasteiger partial charge in [-0.05, 0) is 71.5 Å². The first kappa shape index (κ1) is 41.6. The molecule has 3 rings (SSSR count). The topological polar surface area (TPSA) is 142 Å². The lowest BCUT2D eigenvalue weighted by Crippen LogP contribution is -2.49. The largest absolute Gasteiger partial charge is 0.400 e. The van der Waals surface area contributed by atoms with Crippen molar-refractivity contribution in [2.75, 3.05) is 27.7 Å². The summed E-state index contributed by atoms with van der Waals surface area (Å²) in [5.41, 5.74) is 4.17. The third-order valence-electron chi connectivity index (χ3n) is 6.68. The molecule has 5 N–H and O–H groups in total. The number of nitrogens with zero attached hydrogens (tertiary/aromatic N) is 1. The lowest BCUT2D eigenvalue weighted by atomic mass is 9.84. The van der Waals surface area contributed by atoms with Gasteiger partial charge in [0.05, 0.1) is 18.1 Å². The van der Waals surface area contributed by atoms with Crippen molar-refractivity contribution in [3.8, 4) is 0 Å². The number of carbonyl (C=O) groups excluding carboxylic acids is 4. The molecule has 232 valence electrons. The van der Waals surface area contributed by atoms with Crippen LogP contribution in [0.1, 0.15) is 112 Å². The molecule has 9 nitrogen and oxygen atoms in total. The Hall–Kier alpha value is -1.84. The van der Waals surface area contributed by atoms with Gasteiger partial charge in [-0.1, -0.05) is 66.7 Å². The van der Waals surface area contributed by atoms with Crippen LogP contribution >= 0.6 is 0 Å². The number of hydrogen-bond donors (Lipinski definition) is 4. The van der Waals surface area contributed by atoms with Gasteiger partial charge in [0.1, 0.15) is 6.29 Å². The van der Waals surface area contributed by atoms with Crippen LogP contribution in [0.5, 0.6) is 0 Å². The summed E-state index contributed by atoms with van der Waals surface area (Å²) in [4.78, 5) is 45.5. The predicted molar refractivity (Wildman–Crippen MR) is 161 cm³/mol. The Bertz CT molecular complexity index is 596. The molecule has 0 spiro atoms. The molecule has 2 saturated carbocycles. The van der Waals surface area contributed by atoms with E-state index >= 15 is 0 Å². The molecule has 9 heteroatoms. The monoisotopic (exact) mass is 558 g/mol. The maximum atomic E-state index is 12.2. The van der Waals surface area contributed by atoms with E-state index < -0.39 is 0 Å². The number of carbonyl (C=O) groups is 4. The molecular weight excluding hydrogens is 496 g/mol. The van der Waals surface area contributed by atoms with Gasteiger partial charge in [0.2, 0.25) is 12.3 Å². The van der Waals surface area contributed by atoms with E-state index in [1.165, 1.54) is 38.5 Å². The van der Waals surface area contributed by atoms with Crippen molar-refractivity contribution < 1.29 is 24.3 Å². The second-order valence-corrected chi connectivity index (χ2v) is 9.86. The third kappa shape index (κ3) is 19.8. The molecule has 3 fully saturated rings. The number of likely N-dealkylation sites (N-methyl/N-ethyl adjacent to an activating group) is 2. The van der Waals surface area contributed by atoms with Crippen molar-refractivity contribution in [1.29, 1.82) is 0 Å². The molecule has 1 saturated heterocycles. The van der Waals surface area contributed by atoms with Gasteiger partial charge >= 0.3 is 0 Å². The molecule has 1 aliphatic heterocycles. The number of aliphatic hydroxyl groups excluding tert-OH is 1. The van der Waals surface area contributed by atoms with Crippen LogP contribution in [-0.4, -0.2) is 80.3 Å². The van der Waals surface area contributed by atoms with Crippen LogP contribution in [0, 0.1) is 11.8 Å². The number of aliphatic hydroxyl groups is 1. The first-order valence-electron chi connectivity index (χ1n) is 15.1. The second-order valence-electron chi connectivity index (χ2n) is 9.86. The Labute approximate surface area is 239 Å². The Morgan fingerprint density at radius 2 is 1.49 bits per heavy atom. The van der Waals surface area contributed by atoms with Crippen LogP contribution in [0.3, 0.4) is 0 Å². The number of hydrogen-bond acceptors (Lipinski definition) is 7. The van der Waals surface area contributed by atoms with Crippen molar-refractivity contribution >= 4 is 24.4 Å². The maximum Gasteiger partial charge on any atom is 0.237 e. The smallest absolute Gasteiger partial charge is 0.237 e. The normalized spacial score (nSPS) is 19.6. The molecule has 1 heterocycles. The van der Waals surface area contributed by atoms with Crippen molar-refractivity contribution in [3.63, 3.8) is 0 Å². The average molecular weight is 559 g/mol. The van der Waals surface area contributed by atoms with E-state index in [0.717, 1.165) is 58.5 Å². The molecular formula is C30H62N4O5. The quantitative estimate of drug-likeness (QED) is 0.315. The lowest BCUT2D eigenvalue weighted by molar-refractivity contribution is -0.130. The Kier molecular flexibility index (Phi) is 31.1. The molecule has 3 unspecified atom stereocenters. The van der Waals surface area contributed by atoms with E-state index in [4.69, 9.17) is 9.90 Å². The lowest BCUT2D eigenvalue weighted by Gasteiger charge is -2.25. The van der Waals surface area contributed by atoms with Crippen molar-refractivity contribution in [2.45, 2.75) is 130 Å². The summed E-state index contributed by atoms with van der Waals surface area (Å²) in [6.07, 6.45) is 14.7. The first-order chi connectivity index (χ1) is 18.8. The summed E-state index contributed by atoms with van der Waals surface area (Å²) in [5, 5.41) is 13.0. The SMILES string of the molecule is CC.CCC.CCCC(NC(=O)C1CCCN1C)C(=O)C1CC1.CNC(C=O)C1CCCCC1.CO.NC=O. The Morgan fingerprint density at radius 3 is 1.85 bits per heavy atom. The third-order valence-corrected chi connectivity index (χ3v) is 6.68. The van der Waals surface area contributed by atoms with Crippen LogP contribution in [0.25, 0.3) is 0 Å². The summed E-state index contributed by atoms with van der Waals surface area (Å²) >= 11 is 0. The summed E-state index contributed by atoms with van der Waals surface area (Å²) in [5.74, 6) is 1.13. The van der Waals surface area contributed by atoms with Crippen molar-refractivity contribution in [3.05, 3.63) is 0 Å².